The van der Waals surface area contributed by atoms with Gasteiger partial charge in [-0.25, -0.2) is 9.59 Å². The van der Waals surface area contributed by atoms with Crippen LogP contribution in [0.15, 0.2) is 46.5 Å². The van der Waals surface area contributed by atoms with E-state index in [1.54, 1.807) is 6.26 Å². The second-order valence-corrected chi connectivity index (χ2v) is 6.63. The largest absolute Gasteiger partial charge is 0.478 e. The van der Waals surface area contributed by atoms with Gasteiger partial charge in [-0.2, -0.15) is 0 Å². The molecule has 1 unspecified atom stereocenters. The molecule has 9 heteroatoms. The highest BCUT2D eigenvalue weighted by molar-refractivity contribution is 7.84. The monoisotopic (exact) mass is 398 g/mol. The Morgan fingerprint density at radius 3 is 2.15 bits per heavy atom. The predicted octanol–water partition coefficient (Wildman–Crippen LogP) is 2.01. The molecule has 0 spiro atoms. The van der Waals surface area contributed by atoms with Crippen molar-refractivity contribution in [3.8, 4) is 0 Å². The van der Waals surface area contributed by atoms with Crippen LogP contribution in [0, 0.1) is 0 Å². The van der Waals surface area contributed by atoms with Gasteiger partial charge in [0.1, 0.15) is 6.61 Å². The Kier molecular flexibility index (Phi) is 13.3. The number of nitrogens with zero attached hydrogens (tertiary/aromatic N) is 1. The van der Waals surface area contributed by atoms with Crippen LogP contribution in [-0.4, -0.2) is 51.5 Å². The fraction of sp³-hybridized carbons (Fsp3) is 0.389. The van der Waals surface area contributed by atoms with Gasteiger partial charge in [0.2, 0.25) is 0 Å². The average Bonchev–Trinajstić information content (AvgIpc) is 2.63. The first kappa shape index (κ1) is 24.5. The van der Waals surface area contributed by atoms with Crippen LogP contribution in [-0.2, 0) is 25.2 Å². The van der Waals surface area contributed by atoms with Crippen LogP contribution in [0.4, 0.5) is 0 Å². The first-order chi connectivity index (χ1) is 12.8. The SMILES string of the molecule is CCCCC(=NOCCN)c1ccc(S(C)=O)cc1.O=C(O)/C=C/C(=O)O. The van der Waals surface area contributed by atoms with Crippen LogP contribution in [0.5, 0.6) is 0 Å². The summed E-state index contributed by atoms with van der Waals surface area (Å²) in [5, 5.41) is 19.8. The van der Waals surface area contributed by atoms with Gasteiger partial charge in [-0.3, -0.25) is 4.21 Å². The van der Waals surface area contributed by atoms with Crippen LogP contribution in [0.1, 0.15) is 31.7 Å². The minimum atomic E-state index is -1.26. The van der Waals surface area contributed by atoms with E-state index in [9.17, 15) is 13.8 Å². The van der Waals surface area contributed by atoms with Crippen molar-refractivity contribution in [3.63, 3.8) is 0 Å². The number of hydrogen-bond acceptors (Lipinski definition) is 6. The van der Waals surface area contributed by atoms with Crippen molar-refractivity contribution in [2.45, 2.75) is 31.1 Å². The Balaban J connectivity index is 0.000000713. The summed E-state index contributed by atoms with van der Waals surface area (Å²) in [5.74, 6) is -2.51. The van der Waals surface area contributed by atoms with Gasteiger partial charge in [0.05, 0.1) is 5.71 Å². The van der Waals surface area contributed by atoms with Crippen molar-refractivity contribution in [2.75, 3.05) is 19.4 Å². The molecule has 1 rings (SSSR count). The predicted molar refractivity (Wildman–Crippen MR) is 104 cm³/mol. The van der Waals surface area contributed by atoms with E-state index in [-0.39, 0.29) is 0 Å². The summed E-state index contributed by atoms with van der Waals surface area (Å²) in [6.07, 6.45) is 5.82. The summed E-state index contributed by atoms with van der Waals surface area (Å²) in [6.45, 7) is 3.02. The number of hydrogen-bond donors (Lipinski definition) is 3. The molecule has 0 saturated carbocycles. The molecule has 0 saturated heterocycles. The molecule has 150 valence electrons. The third kappa shape index (κ3) is 12.5. The first-order valence-electron chi connectivity index (χ1n) is 8.28. The Morgan fingerprint density at radius 1 is 1.19 bits per heavy atom. The molecule has 0 aliphatic rings. The van der Waals surface area contributed by atoms with Crippen molar-refractivity contribution < 1.29 is 28.8 Å². The van der Waals surface area contributed by atoms with Crippen molar-refractivity contribution in [1.29, 1.82) is 0 Å². The number of aliphatic carboxylic acids is 2. The summed E-state index contributed by atoms with van der Waals surface area (Å²) >= 11 is 0. The number of rotatable bonds is 10. The number of oxime groups is 1. The summed E-state index contributed by atoms with van der Waals surface area (Å²) in [6, 6.07) is 7.62. The molecule has 0 fully saturated rings. The van der Waals surface area contributed by atoms with E-state index in [1.165, 1.54) is 0 Å². The van der Waals surface area contributed by atoms with Gasteiger partial charge in [0, 0.05) is 40.6 Å². The van der Waals surface area contributed by atoms with Gasteiger partial charge in [-0.05, 0) is 30.5 Å². The number of unbranched alkanes of at least 4 members (excludes halogenated alkanes) is 1. The average molecular weight is 398 g/mol. The molecule has 0 radical (unpaired) electrons. The van der Waals surface area contributed by atoms with Crippen LogP contribution in [0.25, 0.3) is 0 Å². The lowest BCUT2D eigenvalue weighted by atomic mass is 10.1. The van der Waals surface area contributed by atoms with E-state index in [1.807, 2.05) is 24.3 Å². The summed E-state index contributed by atoms with van der Waals surface area (Å²) < 4.78 is 11.4. The molecule has 0 amide bonds. The number of carbonyl (C=O) groups is 2. The van der Waals surface area contributed by atoms with Crippen molar-refractivity contribution in [3.05, 3.63) is 42.0 Å². The lowest BCUT2D eigenvalue weighted by molar-refractivity contribution is -0.134. The van der Waals surface area contributed by atoms with Crippen molar-refractivity contribution in [2.24, 2.45) is 10.9 Å². The second-order valence-electron chi connectivity index (χ2n) is 5.25. The van der Waals surface area contributed by atoms with Gasteiger partial charge < -0.3 is 20.8 Å². The van der Waals surface area contributed by atoms with E-state index >= 15 is 0 Å². The zero-order valence-corrected chi connectivity index (χ0v) is 16.3. The van der Waals surface area contributed by atoms with Gasteiger partial charge in [-0.1, -0.05) is 30.6 Å². The zero-order chi connectivity index (χ0) is 20.7. The second kappa shape index (κ2) is 14.6. The van der Waals surface area contributed by atoms with E-state index < -0.39 is 22.7 Å². The molecule has 4 N–H and O–H groups in total. The van der Waals surface area contributed by atoms with Gasteiger partial charge in [0.25, 0.3) is 0 Å². The topological polar surface area (TPSA) is 139 Å². The standard InChI is InChI=1S/C14H22N2O2S.C4H4O4/c1-3-4-5-14(16-18-11-10-15)12-6-8-13(9-7-12)19(2)17;5-3(6)1-2-4(7)8/h6-9H,3-5,10-11,15H2,1-2H3;1-2H,(H,5,6)(H,7,8)/b;2-1+. The smallest absolute Gasteiger partial charge is 0.328 e. The highest BCUT2D eigenvalue weighted by Crippen LogP contribution is 2.12. The molecule has 0 aliphatic heterocycles. The van der Waals surface area contributed by atoms with Crippen molar-refractivity contribution in [1.82, 2.24) is 0 Å². The molecular formula is C18H26N2O6S. The van der Waals surface area contributed by atoms with E-state index in [4.69, 9.17) is 20.8 Å². The van der Waals surface area contributed by atoms with Crippen LogP contribution in [0.3, 0.4) is 0 Å². The zero-order valence-electron chi connectivity index (χ0n) is 15.5. The van der Waals surface area contributed by atoms with E-state index in [0.717, 1.165) is 35.4 Å². The molecule has 1 atom stereocenters. The molecule has 0 heterocycles. The molecule has 0 aromatic heterocycles. The molecule has 1 aromatic carbocycles. The van der Waals surface area contributed by atoms with Gasteiger partial charge in [0.15, 0.2) is 0 Å². The number of carboxylic acid groups (broad SMARTS) is 2. The van der Waals surface area contributed by atoms with Crippen LogP contribution < -0.4 is 5.73 Å². The van der Waals surface area contributed by atoms with E-state index in [0.29, 0.717) is 25.3 Å². The first-order valence-corrected chi connectivity index (χ1v) is 9.84. The summed E-state index contributed by atoms with van der Waals surface area (Å²) in [7, 11) is -0.950. The van der Waals surface area contributed by atoms with Crippen molar-refractivity contribution >= 4 is 28.4 Å². The third-order valence-electron chi connectivity index (χ3n) is 3.04. The lowest BCUT2D eigenvalue weighted by Crippen LogP contribution is -2.08. The highest BCUT2D eigenvalue weighted by atomic mass is 32.2. The Labute approximate surface area is 161 Å². The quantitative estimate of drug-likeness (QED) is 0.237. The van der Waals surface area contributed by atoms with Crippen LogP contribution >= 0.6 is 0 Å². The van der Waals surface area contributed by atoms with Crippen LogP contribution in [0.2, 0.25) is 0 Å². The Hall–Kier alpha value is -2.52. The summed E-state index contributed by atoms with van der Waals surface area (Å²) in [5.41, 5.74) is 7.31. The maximum atomic E-state index is 11.4. The Morgan fingerprint density at radius 2 is 1.74 bits per heavy atom. The number of benzene rings is 1. The van der Waals surface area contributed by atoms with Gasteiger partial charge >= 0.3 is 11.9 Å². The molecule has 8 nitrogen and oxygen atoms in total. The fourth-order valence-corrected chi connectivity index (χ4v) is 2.26. The molecule has 27 heavy (non-hydrogen) atoms. The van der Waals surface area contributed by atoms with Gasteiger partial charge in [-0.15, -0.1) is 0 Å². The Bertz CT molecular complexity index is 655. The number of nitrogens with two attached hydrogens (primary N) is 1. The summed E-state index contributed by atoms with van der Waals surface area (Å²) in [4.78, 5) is 25.1. The third-order valence-corrected chi connectivity index (χ3v) is 3.97. The molecule has 1 aromatic rings. The maximum absolute atomic E-state index is 11.4. The normalized spacial score (nSPS) is 12.2. The number of carboxylic acids is 2. The lowest BCUT2D eigenvalue weighted by Gasteiger charge is -2.07. The fourth-order valence-electron chi connectivity index (χ4n) is 1.74. The molecule has 0 bridgehead atoms. The van der Waals surface area contributed by atoms with E-state index in [2.05, 4.69) is 12.1 Å². The maximum Gasteiger partial charge on any atom is 0.328 e. The minimum absolute atomic E-state index is 0.423. The minimum Gasteiger partial charge on any atom is -0.478 e. The molecular weight excluding hydrogens is 372 g/mol. The molecule has 0 aliphatic carbocycles. The highest BCUT2D eigenvalue weighted by Gasteiger charge is 2.05.